The maximum Gasteiger partial charge on any atom is 0.220 e. The molecule has 0 unspecified atom stereocenters. The number of benzene rings is 2. The first-order valence-electron chi connectivity index (χ1n) is 12.0. The summed E-state index contributed by atoms with van der Waals surface area (Å²) in [6.07, 6.45) is 1.80. The van der Waals surface area contributed by atoms with E-state index in [4.69, 9.17) is 22.9 Å². The number of nitrogens with zero attached hydrogens (tertiary/aromatic N) is 6. The van der Waals surface area contributed by atoms with E-state index in [0.29, 0.717) is 11.9 Å². The predicted molar refractivity (Wildman–Crippen MR) is 149 cm³/mol. The van der Waals surface area contributed by atoms with Crippen LogP contribution in [0.1, 0.15) is 49.9 Å². The second kappa shape index (κ2) is 8.85. The van der Waals surface area contributed by atoms with Crippen molar-refractivity contribution < 1.29 is 0 Å². The molecule has 4 rings (SSSR count). The summed E-state index contributed by atoms with van der Waals surface area (Å²) in [5.74, 6) is 1.07. The minimum atomic E-state index is -0.616. The van der Waals surface area contributed by atoms with Gasteiger partial charge in [0, 0.05) is 11.4 Å². The van der Waals surface area contributed by atoms with Gasteiger partial charge in [0.2, 0.25) is 23.8 Å². The Bertz CT molecular complexity index is 1210. The summed E-state index contributed by atoms with van der Waals surface area (Å²) in [6, 6.07) is 12.8. The van der Waals surface area contributed by atoms with E-state index in [-0.39, 0.29) is 11.9 Å². The van der Waals surface area contributed by atoms with E-state index < -0.39 is 11.3 Å². The zero-order chi connectivity index (χ0) is 26.4. The third kappa shape index (κ3) is 4.71. The average Bonchev–Trinajstić information content (AvgIpc) is 2.72. The number of rotatable bonds is 5. The lowest BCUT2D eigenvalue weighted by Crippen LogP contribution is -2.54. The zero-order valence-corrected chi connectivity index (χ0v) is 21.9. The van der Waals surface area contributed by atoms with Gasteiger partial charge in [-0.3, -0.25) is 9.80 Å². The van der Waals surface area contributed by atoms with Gasteiger partial charge in [0.15, 0.2) is 0 Å². The summed E-state index contributed by atoms with van der Waals surface area (Å²) in [6.45, 7) is 12.0. The van der Waals surface area contributed by atoms with Crippen molar-refractivity contribution in [3.8, 4) is 0 Å². The van der Waals surface area contributed by atoms with Crippen molar-refractivity contribution in [3.63, 3.8) is 0 Å². The Hall–Kier alpha value is -4.08. The number of nitrogens with two attached hydrogens (primary N) is 4. The zero-order valence-electron chi connectivity index (χ0n) is 21.9. The minimum absolute atomic E-state index is 0.194. The second-order valence-corrected chi connectivity index (χ2v) is 10.3. The van der Waals surface area contributed by atoms with Crippen molar-refractivity contribution in [1.82, 2.24) is 0 Å². The van der Waals surface area contributed by atoms with Crippen molar-refractivity contribution in [2.24, 2.45) is 42.9 Å². The fourth-order valence-corrected chi connectivity index (χ4v) is 4.98. The first kappa shape index (κ1) is 25.0. The largest absolute Gasteiger partial charge is 0.369 e. The molecule has 0 saturated heterocycles. The molecule has 10 heteroatoms. The van der Waals surface area contributed by atoms with Crippen LogP contribution < -0.4 is 32.7 Å². The summed E-state index contributed by atoms with van der Waals surface area (Å²) < 4.78 is 0. The lowest BCUT2D eigenvalue weighted by molar-refractivity contribution is 0.532. The van der Waals surface area contributed by atoms with Crippen molar-refractivity contribution in [1.29, 1.82) is 0 Å². The minimum Gasteiger partial charge on any atom is -0.369 e. The molecule has 8 N–H and O–H groups in total. The Balaban J connectivity index is 1.50. The van der Waals surface area contributed by atoms with E-state index in [2.05, 4.69) is 70.2 Å². The quantitative estimate of drug-likeness (QED) is 0.506. The highest BCUT2D eigenvalue weighted by molar-refractivity contribution is 6.06. The first-order chi connectivity index (χ1) is 16.8. The van der Waals surface area contributed by atoms with Crippen molar-refractivity contribution in [2.75, 3.05) is 9.80 Å². The fourth-order valence-electron chi connectivity index (χ4n) is 4.98. The molecule has 2 aliphatic rings. The van der Waals surface area contributed by atoms with Gasteiger partial charge in [-0.05, 0) is 88.8 Å². The van der Waals surface area contributed by atoms with Gasteiger partial charge >= 0.3 is 0 Å². The molecule has 2 aromatic carbocycles. The Labute approximate surface area is 212 Å². The summed E-state index contributed by atoms with van der Waals surface area (Å²) in [5, 5.41) is 0. The van der Waals surface area contributed by atoms with Gasteiger partial charge in [-0.15, -0.1) is 0 Å². The van der Waals surface area contributed by atoms with E-state index >= 15 is 0 Å². The van der Waals surface area contributed by atoms with Gasteiger partial charge in [0.1, 0.15) is 11.3 Å². The fraction of sp³-hybridized carbons (Fsp3) is 0.385. The molecule has 0 radical (unpaired) electrons. The monoisotopic (exact) mass is 488 g/mol. The number of guanidine groups is 4. The second-order valence-electron chi connectivity index (χ2n) is 10.3. The SMILES string of the molecule is Cc1cc(CCc2ccc(N3C(N)=NC(N)=NC3(C)C)c(C)c2)ccc1N1C(N)=NC(N)=NC1(C)C. The van der Waals surface area contributed by atoms with Crippen LogP contribution in [0.5, 0.6) is 0 Å². The molecular formula is C26H36N10. The Morgan fingerprint density at radius 1 is 0.639 bits per heavy atom. The molecule has 0 aliphatic carbocycles. The van der Waals surface area contributed by atoms with Crippen LogP contribution in [-0.2, 0) is 12.8 Å². The molecule has 2 aliphatic heterocycles. The summed E-state index contributed by atoms with van der Waals surface area (Å²) in [5.41, 5.74) is 29.4. The highest BCUT2D eigenvalue weighted by Gasteiger charge is 2.35. The number of hydrogen-bond acceptors (Lipinski definition) is 10. The number of hydrogen-bond donors (Lipinski definition) is 4. The van der Waals surface area contributed by atoms with Crippen LogP contribution in [-0.4, -0.2) is 35.2 Å². The topological polar surface area (TPSA) is 160 Å². The summed E-state index contributed by atoms with van der Waals surface area (Å²) >= 11 is 0. The van der Waals surface area contributed by atoms with Crippen LogP contribution in [0.4, 0.5) is 11.4 Å². The van der Waals surface area contributed by atoms with Crippen molar-refractivity contribution in [2.45, 2.75) is 65.7 Å². The van der Waals surface area contributed by atoms with E-state index in [1.54, 1.807) is 0 Å². The van der Waals surface area contributed by atoms with Gasteiger partial charge in [0.05, 0.1) is 0 Å². The molecule has 0 bridgehead atoms. The highest BCUT2D eigenvalue weighted by Crippen LogP contribution is 2.32. The van der Waals surface area contributed by atoms with Crippen molar-refractivity contribution in [3.05, 3.63) is 58.7 Å². The Morgan fingerprint density at radius 2 is 1.00 bits per heavy atom. The van der Waals surface area contributed by atoms with Gasteiger partial charge in [0.25, 0.3) is 0 Å². The standard InChI is InChI=1S/C26H36N10/c1-15-13-17(9-11-19(15)35-23(29)31-21(27)33-25(35,3)4)7-8-18-10-12-20(16(2)14-18)36-24(30)32-22(28)34-26(36,5)6/h9-14H,7-8H2,1-6H3,(H4,27,29,31,33)(H4,28,30,32,34). The third-order valence-corrected chi connectivity index (χ3v) is 6.49. The molecule has 0 saturated carbocycles. The molecular weight excluding hydrogens is 452 g/mol. The molecule has 2 heterocycles. The average molecular weight is 489 g/mol. The van der Waals surface area contributed by atoms with Crippen LogP contribution in [0.2, 0.25) is 0 Å². The van der Waals surface area contributed by atoms with Gasteiger partial charge in [-0.1, -0.05) is 24.3 Å². The van der Waals surface area contributed by atoms with Crippen LogP contribution >= 0.6 is 0 Å². The number of aliphatic imine (C=N–C) groups is 4. The van der Waals surface area contributed by atoms with Crippen molar-refractivity contribution >= 4 is 35.2 Å². The Morgan fingerprint density at radius 3 is 1.31 bits per heavy atom. The summed E-state index contributed by atoms with van der Waals surface area (Å²) in [7, 11) is 0. The molecule has 0 atom stereocenters. The first-order valence-corrected chi connectivity index (χ1v) is 12.0. The smallest absolute Gasteiger partial charge is 0.220 e. The molecule has 0 amide bonds. The van der Waals surface area contributed by atoms with Crippen LogP contribution in [0, 0.1) is 13.8 Å². The van der Waals surface area contributed by atoms with Crippen LogP contribution in [0.25, 0.3) is 0 Å². The molecule has 10 nitrogen and oxygen atoms in total. The third-order valence-electron chi connectivity index (χ3n) is 6.49. The normalized spacial score (nSPS) is 18.8. The predicted octanol–water partition coefficient (Wildman–Crippen LogP) is 2.46. The van der Waals surface area contributed by atoms with E-state index in [1.807, 2.05) is 37.5 Å². The lowest BCUT2D eigenvalue weighted by Gasteiger charge is -2.39. The van der Waals surface area contributed by atoms with E-state index in [9.17, 15) is 0 Å². The van der Waals surface area contributed by atoms with Gasteiger partial charge < -0.3 is 22.9 Å². The molecule has 36 heavy (non-hydrogen) atoms. The molecule has 190 valence electrons. The van der Waals surface area contributed by atoms with Gasteiger partial charge in [-0.25, -0.2) is 9.98 Å². The van der Waals surface area contributed by atoms with Crippen LogP contribution in [0.3, 0.4) is 0 Å². The maximum atomic E-state index is 6.21. The number of aryl methyl sites for hydroxylation is 4. The molecule has 0 spiro atoms. The van der Waals surface area contributed by atoms with E-state index in [1.165, 1.54) is 11.1 Å². The number of anilines is 2. The highest BCUT2D eigenvalue weighted by atomic mass is 15.4. The van der Waals surface area contributed by atoms with Crippen LogP contribution in [0.15, 0.2) is 56.4 Å². The van der Waals surface area contributed by atoms with Gasteiger partial charge in [-0.2, -0.15) is 9.98 Å². The maximum absolute atomic E-state index is 6.21. The Kier molecular flexibility index (Phi) is 6.15. The molecule has 0 aromatic heterocycles. The lowest BCUT2D eigenvalue weighted by atomic mass is 9.99. The summed E-state index contributed by atoms with van der Waals surface area (Å²) in [4.78, 5) is 21.0. The molecule has 0 fully saturated rings. The van der Waals surface area contributed by atoms with E-state index in [0.717, 1.165) is 35.3 Å². The molecule has 2 aromatic rings.